The molecule has 0 N–H and O–H groups in total. The monoisotopic (exact) mass is 465 g/mol. The molecule has 1 aliphatic heterocycles. The molecule has 1 aliphatic rings. The van der Waals surface area contributed by atoms with Crippen LogP contribution >= 0.6 is 0 Å². The third-order valence-corrected chi connectivity index (χ3v) is 6.12. The fourth-order valence-electron chi connectivity index (χ4n) is 4.45. The molecule has 178 valence electrons. The van der Waals surface area contributed by atoms with Crippen molar-refractivity contribution < 1.29 is 23.5 Å². The highest BCUT2D eigenvalue weighted by Gasteiger charge is 2.31. The van der Waals surface area contributed by atoms with Gasteiger partial charge in [-0.15, -0.1) is 0 Å². The fraction of sp³-hybridized carbons (Fsp3) is 0.346. The first-order chi connectivity index (χ1) is 16.4. The fourth-order valence-corrected chi connectivity index (χ4v) is 4.45. The van der Waals surface area contributed by atoms with Crippen molar-refractivity contribution in [1.82, 2.24) is 14.7 Å². The predicted octanol–water partition coefficient (Wildman–Crippen LogP) is 4.48. The summed E-state index contributed by atoms with van der Waals surface area (Å²) in [7, 11) is 2.44. The van der Waals surface area contributed by atoms with E-state index in [1.165, 1.54) is 31.4 Å². The van der Waals surface area contributed by atoms with Gasteiger partial charge in [-0.25, -0.2) is 18.7 Å². The van der Waals surface area contributed by atoms with Gasteiger partial charge in [-0.05, 0) is 43.5 Å². The lowest BCUT2D eigenvalue weighted by Crippen LogP contribution is -2.33. The zero-order valence-corrected chi connectivity index (χ0v) is 19.6. The Labute approximate surface area is 198 Å². The lowest BCUT2D eigenvalue weighted by molar-refractivity contribution is 0.0549. The molecule has 1 aromatic heterocycles. The average Bonchev–Trinajstić information content (AvgIpc) is 3.25. The summed E-state index contributed by atoms with van der Waals surface area (Å²) in [6.45, 7) is 4.62. The van der Waals surface area contributed by atoms with Gasteiger partial charge in [0.05, 0.1) is 19.9 Å². The first kappa shape index (κ1) is 23.6. The van der Waals surface area contributed by atoms with Gasteiger partial charge in [0.15, 0.2) is 5.69 Å². The number of likely N-dealkylation sites (tertiary alicyclic amines) is 1. The van der Waals surface area contributed by atoms with Crippen LogP contribution in [0.3, 0.4) is 0 Å². The van der Waals surface area contributed by atoms with E-state index in [-0.39, 0.29) is 22.8 Å². The lowest BCUT2D eigenvalue weighted by Gasteiger charge is -2.30. The first-order valence-corrected chi connectivity index (χ1v) is 11.3. The summed E-state index contributed by atoms with van der Waals surface area (Å²) in [5, 5.41) is 4.52. The van der Waals surface area contributed by atoms with E-state index in [0.29, 0.717) is 29.3 Å². The van der Waals surface area contributed by atoms with Crippen LogP contribution in [-0.4, -0.2) is 53.9 Å². The molecular weight excluding hydrogens is 437 g/mol. The van der Waals surface area contributed by atoms with Gasteiger partial charge >= 0.3 is 11.9 Å². The minimum absolute atomic E-state index is 0.0739. The van der Waals surface area contributed by atoms with Gasteiger partial charge in [-0.1, -0.05) is 37.3 Å². The molecule has 34 heavy (non-hydrogen) atoms. The molecule has 0 radical (unpaired) electrons. The molecule has 0 amide bonds. The molecule has 8 heteroatoms. The second kappa shape index (κ2) is 10.2. The number of esters is 2. The second-order valence-corrected chi connectivity index (χ2v) is 8.59. The Morgan fingerprint density at radius 3 is 2.47 bits per heavy atom. The number of hydrogen-bond acceptors (Lipinski definition) is 6. The van der Waals surface area contributed by atoms with Crippen LogP contribution in [0, 0.1) is 11.7 Å². The van der Waals surface area contributed by atoms with Gasteiger partial charge in [0, 0.05) is 24.2 Å². The van der Waals surface area contributed by atoms with E-state index in [1.54, 1.807) is 36.4 Å². The molecule has 3 aromatic rings. The number of nitrogens with zero attached hydrogens (tertiary/aromatic N) is 3. The maximum atomic E-state index is 15.2. The van der Waals surface area contributed by atoms with Crippen molar-refractivity contribution in [3.8, 4) is 16.9 Å². The van der Waals surface area contributed by atoms with Crippen molar-refractivity contribution in [3.05, 3.63) is 71.2 Å². The predicted molar refractivity (Wildman–Crippen MR) is 125 cm³/mol. The van der Waals surface area contributed by atoms with Gasteiger partial charge in [-0.3, -0.25) is 4.90 Å². The molecular formula is C26H28FN3O4. The van der Waals surface area contributed by atoms with Crippen molar-refractivity contribution in [3.63, 3.8) is 0 Å². The maximum Gasteiger partial charge on any atom is 0.357 e. The summed E-state index contributed by atoms with van der Waals surface area (Å²) < 4.78 is 26.4. The maximum absolute atomic E-state index is 15.2. The molecule has 7 nitrogen and oxygen atoms in total. The van der Waals surface area contributed by atoms with Crippen LogP contribution in [0.4, 0.5) is 4.39 Å². The van der Waals surface area contributed by atoms with Crippen molar-refractivity contribution >= 4 is 11.9 Å². The van der Waals surface area contributed by atoms with Crippen molar-refractivity contribution in [2.75, 3.05) is 27.3 Å². The highest BCUT2D eigenvalue weighted by molar-refractivity contribution is 6.06. The summed E-state index contributed by atoms with van der Waals surface area (Å²) >= 11 is 0. The van der Waals surface area contributed by atoms with Gasteiger partial charge < -0.3 is 9.47 Å². The van der Waals surface area contributed by atoms with Crippen molar-refractivity contribution in [2.45, 2.75) is 26.3 Å². The number of halogens is 1. The summed E-state index contributed by atoms with van der Waals surface area (Å²) in [4.78, 5) is 27.7. The molecule has 2 heterocycles. The normalized spacial score (nSPS) is 16.3. The van der Waals surface area contributed by atoms with Crippen LogP contribution in [-0.2, 0) is 16.0 Å². The molecule has 0 bridgehead atoms. The number of piperidine rings is 1. The molecule has 1 atom stereocenters. The number of rotatable bonds is 6. The number of methoxy groups -OCH3 is 2. The SMILES string of the molecule is COC(=O)c1c(-c2ccc(CN3CCCC(C)C3)c(F)c2)nn(-c2ccccc2)c1C(=O)OC. The summed E-state index contributed by atoms with van der Waals surface area (Å²) in [5.41, 5.74) is 1.49. The van der Waals surface area contributed by atoms with E-state index in [2.05, 4.69) is 16.9 Å². The minimum atomic E-state index is -0.760. The lowest BCUT2D eigenvalue weighted by atomic mass is 9.99. The van der Waals surface area contributed by atoms with Crippen LogP contribution < -0.4 is 0 Å². The molecule has 1 unspecified atom stereocenters. The minimum Gasteiger partial charge on any atom is -0.465 e. The van der Waals surface area contributed by atoms with Crippen LogP contribution in [0.5, 0.6) is 0 Å². The van der Waals surface area contributed by atoms with Crippen LogP contribution in [0.15, 0.2) is 48.5 Å². The molecule has 0 aliphatic carbocycles. The van der Waals surface area contributed by atoms with Gasteiger partial charge in [-0.2, -0.15) is 5.10 Å². The Kier molecular flexibility index (Phi) is 7.07. The number of para-hydroxylation sites is 1. The number of aromatic nitrogens is 2. The van der Waals surface area contributed by atoms with E-state index in [4.69, 9.17) is 9.47 Å². The van der Waals surface area contributed by atoms with E-state index in [0.717, 1.165) is 19.5 Å². The Morgan fingerprint density at radius 1 is 1.09 bits per heavy atom. The average molecular weight is 466 g/mol. The Bertz CT molecular complexity index is 1190. The van der Waals surface area contributed by atoms with E-state index < -0.39 is 11.9 Å². The summed E-state index contributed by atoms with van der Waals surface area (Å²) in [6.07, 6.45) is 2.30. The Balaban J connectivity index is 1.79. The molecule has 2 aromatic carbocycles. The second-order valence-electron chi connectivity index (χ2n) is 8.59. The van der Waals surface area contributed by atoms with E-state index in [1.807, 2.05) is 6.07 Å². The van der Waals surface area contributed by atoms with Gasteiger partial charge in [0.25, 0.3) is 0 Å². The molecule has 1 saturated heterocycles. The van der Waals surface area contributed by atoms with E-state index >= 15 is 4.39 Å². The number of benzene rings is 2. The molecule has 0 saturated carbocycles. The number of carbonyl (C=O) groups is 2. The molecule has 1 fully saturated rings. The molecule has 4 rings (SSSR count). The number of carbonyl (C=O) groups excluding carboxylic acids is 2. The van der Waals surface area contributed by atoms with Crippen LogP contribution in [0.1, 0.15) is 46.2 Å². The third kappa shape index (κ3) is 4.72. The highest BCUT2D eigenvalue weighted by Crippen LogP contribution is 2.31. The standard InChI is InChI=1S/C26H28FN3O4/c1-17-8-7-13-29(15-17)16-19-12-11-18(14-21(19)27)23-22(25(31)33-2)24(26(32)34-3)30(28-23)20-9-5-4-6-10-20/h4-6,9-12,14,17H,7-8,13,15-16H2,1-3H3. The van der Waals surface area contributed by atoms with Crippen molar-refractivity contribution in [2.24, 2.45) is 5.92 Å². The quantitative estimate of drug-likeness (QED) is 0.500. The first-order valence-electron chi connectivity index (χ1n) is 11.3. The zero-order valence-electron chi connectivity index (χ0n) is 19.6. The van der Waals surface area contributed by atoms with E-state index in [9.17, 15) is 9.59 Å². The smallest absolute Gasteiger partial charge is 0.357 e. The van der Waals surface area contributed by atoms with Crippen molar-refractivity contribution in [1.29, 1.82) is 0 Å². The van der Waals surface area contributed by atoms with Gasteiger partial charge in [0.2, 0.25) is 0 Å². The number of ether oxygens (including phenoxy) is 2. The summed E-state index contributed by atoms with van der Waals surface area (Å²) in [6, 6.07) is 13.7. The van der Waals surface area contributed by atoms with Crippen LogP contribution in [0.2, 0.25) is 0 Å². The topological polar surface area (TPSA) is 73.7 Å². The Hall–Kier alpha value is -3.52. The third-order valence-electron chi connectivity index (χ3n) is 6.12. The molecule has 0 spiro atoms. The Morgan fingerprint density at radius 2 is 1.82 bits per heavy atom. The van der Waals surface area contributed by atoms with Crippen LogP contribution in [0.25, 0.3) is 16.9 Å². The highest BCUT2D eigenvalue weighted by atomic mass is 19.1. The number of hydrogen-bond donors (Lipinski definition) is 0. The zero-order chi connectivity index (χ0) is 24.2. The summed E-state index contributed by atoms with van der Waals surface area (Å²) in [5.74, 6) is -1.30. The largest absolute Gasteiger partial charge is 0.465 e. The van der Waals surface area contributed by atoms with Gasteiger partial charge in [0.1, 0.15) is 17.1 Å².